The average molecular weight is 453 g/mol. The van der Waals surface area contributed by atoms with E-state index < -0.39 is 35.9 Å². The molecule has 0 saturated carbocycles. The van der Waals surface area contributed by atoms with Crippen LogP contribution in [-0.4, -0.2) is 23.6 Å². The van der Waals surface area contributed by atoms with Crippen molar-refractivity contribution >= 4 is 45.1 Å². The van der Waals surface area contributed by atoms with Crippen LogP contribution in [0.5, 0.6) is 5.75 Å². The second-order valence-corrected chi connectivity index (χ2v) is 6.33. The van der Waals surface area contributed by atoms with E-state index in [1.165, 1.54) is 24.3 Å². The zero-order valence-electron chi connectivity index (χ0n) is 12.7. The molecule has 10 heteroatoms. The van der Waals surface area contributed by atoms with Crippen molar-refractivity contribution in [2.24, 2.45) is 0 Å². The summed E-state index contributed by atoms with van der Waals surface area (Å²) in [6.45, 7) is -0.843. The third-order valence-corrected chi connectivity index (χ3v) is 3.80. The summed E-state index contributed by atoms with van der Waals surface area (Å²) in [7, 11) is 0. The molecule has 0 spiro atoms. The number of ether oxygens (including phenoxy) is 1. The molecular formula is C16H10BrClF3NO4. The lowest BCUT2D eigenvalue weighted by atomic mass is 10.1. The molecule has 0 saturated heterocycles. The van der Waals surface area contributed by atoms with Crippen LogP contribution in [0, 0.1) is 0 Å². The van der Waals surface area contributed by atoms with E-state index in [1.54, 1.807) is 0 Å². The molecule has 2 aromatic rings. The molecule has 0 atom stereocenters. The number of rotatable bonds is 4. The number of benzene rings is 2. The molecule has 26 heavy (non-hydrogen) atoms. The van der Waals surface area contributed by atoms with Gasteiger partial charge in [0.2, 0.25) is 0 Å². The number of anilines is 1. The van der Waals surface area contributed by atoms with Gasteiger partial charge >= 0.3 is 12.1 Å². The van der Waals surface area contributed by atoms with Crippen molar-refractivity contribution < 1.29 is 32.6 Å². The van der Waals surface area contributed by atoms with Crippen molar-refractivity contribution in [2.45, 2.75) is 6.18 Å². The highest BCUT2D eigenvalue weighted by atomic mass is 79.9. The first-order valence-electron chi connectivity index (χ1n) is 6.90. The van der Waals surface area contributed by atoms with Gasteiger partial charge < -0.3 is 15.2 Å². The van der Waals surface area contributed by atoms with Gasteiger partial charge in [-0.3, -0.25) is 4.79 Å². The van der Waals surface area contributed by atoms with Crippen molar-refractivity contribution in [2.75, 3.05) is 11.9 Å². The van der Waals surface area contributed by atoms with Gasteiger partial charge in [-0.25, -0.2) is 4.79 Å². The molecule has 1 amide bonds. The van der Waals surface area contributed by atoms with Crippen LogP contribution in [-0.2, 0) is 15.7 Å². The van der Waals surface area contributed by atoms with E-state index in [2.05, 4.69) is 15.9 Å². The molecule has 0 unspecified atom stereocenters. The minimum Gasteiger partial charge on any atom is -0.507 e. The summed E-state index contributed by atoms with van der Waals surface area (Å²) in [6, 6.07) is 6.84. The first-order valence-corrected chi connectivity index (χ1v) is 8.07. The van der Waals surface area contributed by atoms with Crippen LogP contribution in [0.2, 0.25) is 5.02 Å². The number of hydrogen-bond acceptors (Lipinski definition) is 4. The Labute approximate surface area is 158 Å². The minimum absolute atomic E-state index is 0.146. The molecule has 0 aliphatic heterocycles. The summed E-state index contributed by atoms with van der Waals surface area (Å²) < 4.78 is 44.1. The molecule has 5 nitrogen and oxygen atoms in total. The van der Waals surface area contributed by atoms with E-state index in [1.807, 2.05) is 5.32 Å². The van der Waals surface area contributed by atoms with Gasteiger partial charge in [0, 0.05) is 9.50 Å². The van der Waals surface area contributed by atoms with E-state index in [4.69, 9.17) is 16.3 Å². The number of esters is 1. The van der Waals surface area contributed by atoms with Crippen LogP contribution in [0.1, 0.15) is 15.9 Å². The molecule has 2 aromatic carbocycles. The van der Waals surface area contributed by atoms with E-state index in [-0.39, 0.29) is 16.3 Å². The predicted octanol–water partition coefficient (Wildman–Crippen LogP) is 4.62. The summed E-state index contributed by atoms with van der Waals surface area (Å²) in [5.74, 6) is -2.36. The number of phenolic OH excluding ortho intramolecular Hbond substituents is 1. The van der Waals surface area contributed by atoms with E-state index in [0.717, 1.165) is 6.07 Å². The maximum absolute atomic E-state index is 13.0. The summed E-state index contributed by atoms with van der Waals surface area (Å²) in [6.07, 6.45) is -4.73. The number of carbonyl (C=O) groups excluding carboxylic acids is 2. The molecule has 0 heterocycles. The topological polar surface area (TPSA) is 75.6 Å². The van der Waals surface area contributed by atoms with Crippen molar-refractivity contribution in [1.82, 2.24) is 0 Å². The zero-order chi connectivity index (χ0) is 19.5. The number of hydrogen-bond donors (Lipinski definition) is 2. The molecule has 0 aromatic heterocycles. The minimum atomic E-state index is -4.73. The summed E-state index contributed by atoms with van der Waals surface area (Å²) >= 11 is 8.65. The number of carbonyl (C=O) groups is 2. The van der Waals surface area contributed by atoms with Gasteiger partial charge in [0.1, 0.15) is 11.3 Å². The van der Waals surface area contributed by atoms with Gasteiger partial charge in [-0.1, -0.05) is 27.5 Å². The largest absolute Gasteiger partial charge is 0.507 e. The number of aromatic hydroxyl groups is 1. The van der Waals surface area contributed by atoms with E-state index in [0.29, 0.717) is 10.5 Å². The van der Waals surface area contributed by atoms with Gasteiger partial charge in [0.05, 0.1) is 11.3 Å². The van der Waals surface area contributed by atoms with Crippen LogP contribution >= 0.6 is 27.5 Å². The van der Waals surface area contributed by atoms with Crippen molar-refractivity contribution in [1.29, 1.82) is 0 Å². The molecule has 0 radical (unpaired) electrons. The Morgan fingerprint density at radius 3 is 2.54 bits per heavy atom. The van der Waals surface area contributed by atoms with Gasteiger partial charge in [0.25, 0.3) is 5.91 Å². The predicted molar refractivity (Wildman–Crippen MR) is 91.2 cm³/mol. The monoisotopic (exact) mass is 451 g/mol. The van der Waals surface area contributed by atoms with Crippen molar-refractivity contribution in [3.63, 3.8) is 0 Å². The second-order valence-electron chi connectivity index (χ2n) is 4.97. The lowest BCUT2D eigenvalue weighted by molar-refractivity contribution is -0.137. The highest BCUT2D eigenvalue weighted by Crippen LogP contribution is 2.36. The van der Waals surface area contributed by atoms with E-state index >= 15 is 0 Å². The number of halogens is 5. The summed E-state index contributed by atoms with van der Waals surface area (Å²) in [5, 5.41) is 11.5. The first kappa shape index (κ1) is 20.1. The normalized spacial score (nSPS) is 11.1. The van der Waals surface area contributed by atoms with Crippen LogP contribution in [0.25, 0.3) is 0 Å². The Hall–Kier alpha value is -2.26. The molecule has 2 N–H and O–H groups in total. The zero-order valence-corrected chi connectivity index (χ0v) is 15.1. The number of alkyl halides is 3. The van der Waals surface area contributed by atoms with Gasteiger partial charge in [-0.2, -0.15) is 13.2 Å². The second kappa shape index (κ2) is 7.96. The fourth-order valence-corrected chi connectivity index (χ4v) is 2.46. The Bertz CT molecular complexity index is 858. The van der Waals surface area contributed by atoms with Gasteiger partial charge in [-0.05, 0) is 36.4 Å². The Morgan fingerprint density at radius 2 is 1.88 bits per heavy atom. The number of amides is 1. The number of nitrogens with one attached hydrogen (secondary N) is 1. The average Bonchev–Trinajstić information content (AvgIpc) is 2.55. The molecule has 0 bridgehead atoms. The Morgan fingerprint density at radius 1 is 1.19 bits per heavy atom. The third-order valence-electron chi connectivity index (χ3n) is 3.07. The summed E-state index contributed by atoms with van der Waals surface area (Å²) in [4.78, 5) is 23.7. The SMILES string of the molecule is O=C(COC(=O)c1cc(Br)ccc1O)Nc1ccc(Cl)cc1C(F)(F)F. The number of phenols is 1. The fourth-order valence-electron chi connectivity index (χ4n) is 1.93. The van der Waals surface area contributed by atoms with Crippen molar-refractivity contribution in [3.05, 3.63) is 57.0 Å². The summed E-state index contributed by atoms with van der Waals surface area (Å²) in [5.41, 5.74) is -1.85. The van der Waals surface area contributed by atoms with E-state index in [9.17, 15) is 27.9 Å². The van der Waals surface area contributed by atoms with Crippen LogP contribution in [0.3, 0.4) is 0 Å². The van der Waals surface area contributed by atoms with Crippen LogP contribution in [0.4, 0.5) is 18.9 Å². The van der Waals surface area contributed by atoms with Gasteiger partial charge in [0.15, 0.2) is 6.61 Å². The molecule has 0 aliphatic carbocycles. The maximum atomic E-state index is 13.0. The standard InChI is InChI=1S/C16H10BrClF3NO4/c17-8-1-4-13(23)10(5-8)15(25)26-7-14(24)22-12-3-2-9(18)6-11(12)16(19,20)21/h1-6,23H,7H2,(H,22,24). The smallest absolute Gasteiger partial charge is 0.418 e. The highest BCUT2D eigenvalue weighted by molar-refractivity contribution is 9.10. The first-order chi connectivity index (χ1) is 12.1. The molecule has 0 aliphatic rings. The fraction of sp³-hybridized carbons (Fsp3) is 0.125. The highest BCUT2D eigenvalue weighted by Gasteiger charge is 2.34. The molecule has 0 fully saturated rings. The molecule has 138 valence electrons. The van der Waals surface area contributed by atoms with Crippen molar-refractivity contribution in [3.8, 4) is 5.75 Å². The Kier molecular flexibility index (Phi) is 6.14. The lowest BCUT2D eigenvalue weighted by Gasteiger charge is -2.14. The molecule has 2 rings (SSSR count). The molecular weight excluding hydrogens is 443 g/mol. The maximum Gasteiger partial charge on any atom is 0.418 e. The third kappa shape index (κ3) is 5.12. The van der Waals surface area contributed by atoms with Crippen LogP contribution in [0.15, 0.2) is 40.9 Å². The lowest BCUT2D eigenvalue weighted by Crippen LogP contribution is -2.22. The quantitative estimate of drug-likeness (QED) is 0.664. The van der Waals surface area contributed by atoms with Crippen LogP contribution < -0.4 is 5.32 Å². The van der Waals surface area contributed by atoms with Gasteiger partial charge in [-0.15, -0.1) is 0 Å². The Balaban J connectivity index is 2.06.